The van der Waals surface area contributed by atoms with Crippen molar-refractivity contribution in [1.29, 1.82) is 0 Å². The highest BCUT2D eigenvalue weighted by Crippen LogP contribution is 2.17. The molecule has 0 bridgehead atoms. The molecule has 0 saturated heterocycles. The summed E-state index contributed by atoms with van der Waals surface area (Å²) in [5.74, 6) is 0.893. The number of fused-ring (bicyclic) bond motifs is 1. The van der Waals surface area contributed by atoms with Crippen LogP contribution in [-0.4, -0.2) is 10.4 Å². The Kier molecular flexibility index (Phi) is 2.41. The Morgan fingerprint density at radius 3 is 2.41 bits per heavy atom. The molecule has 0 radical (unpaired) electrons. The van der Waals surface area contributed by atoms with Crippen LogP contribution in [0.25, 0.3) is 0 Å². The van der Waals surface area contributed by atoms with Crippen molar-refractivity contribution >= 4 is 5.84 Å². The summed E-state index contributed by atoms with van der Waals surface area (Å²) in [5.41, 5.74) is 9.98. The Bertz CT molecular complexity index is 570. The predicted octanol–water partition coefficient (Wildman–Crippen LogP) is 2.12. The fraction of sp³-hybridized carbons (Fsp3) is 0.133. The van der Waals surface area contributed by atoms with Gasteiger partial charge in [0, 0.05) is 5.56 Å². The van der Waals surface area contributed by atoms with Crippen molar-refractivity contribution < 1.29 is 4.58 Å². The van der Waals surface area contributed by atoms with Gasteiger partial charge in [0.15, 0.2) is 0 Å². The van der Waals surface area contributed by atoms with E-state index >= 15 is 0 Å². The molecule has 1 aliphatic rings. The summed E-state index contributed by atoms with van der Waals surface area (Å²) < 4.78 is 2.22. The first-order chi connectivity index (χ1) is 8.34. The molecule has 2 N–H and O–H groups in total. The van der Waals surface area contributed by atoms with E-state index in [0.717, 1.165) is 18.9 Å². The van der Waals surface area contributed by atoms with Crippen molar-refractivity contribution in [2.75, 3.05) is 0 Å². The van der Waals surface area contributed by atoms with Gasteiger partial charge in [0.25, 0.3) is 5.84 Å². The first-order valence-corrected chi connectivity index (χ1v) is 5.84. The third kappa shape index (κ3) is 1.82. The van der Waals surface area contributed by atoms with Crippen molar-refractivity contribution in [1.82, 2.24) is 0 Å². The van der Waals surface area contributed by atoms with E-state index in [1.807, 2.05) is 12.1 Å². The van der Waals surface area contributed by atoms with Crippen molar-refractivity contribution in [3.63, 3.8) is 0 Å². The quantitative estimate of drug-likeness (QED) is 0.776. The number of rotatable bonds is 2. The zero-order chi connectivity index (χ0) is 11.7. The Morgan fingerprint density at radius 1 is 0.941 bits per heavy atom. The zero-order valence-corrected chi connectivity index (χ0v) is 9.63. The standard InChI is InChI=1S/C15H14N2/c16-15-14-9-5-4-8-13(14)11-17(15)10-12-6-2-1-3-7-12/h1-9,16H,10-11H2/p+1. The molecule has 0 aliphatic carbocycles. The van der Waals surface area contributed by atoms with Gasteiger partial charge in [-0.05, 0) is 11.6 Å². The van der Waals surface area contributed by atoms with E-state index in [2.05, 4.69) is 47.0 Å². The molecule has 1 aliphatic heterocycles. The molecule has 0 spiro atoms. The zero-order valence-electron chi connectivity index (χ0n) is 9.63. The van der Waals surface area contributed by atoms with Gasteiger partial charge < -0.3 is 0 Å². The Labute approximate surface area is 101 Å². The molecular formula is C15H15N2+. The lowest BCUT2D eigenvalue weighted by atomic mass is 10.1. The number of amidine groups is 1. The van der Waals surface area contributed by atoms with Gasteiger partial charge in [-0.2, -0.15) is 0 Å². The van der Waals surface area contributed by atoms with Crippen LogP contribution in [0.15, 0.2) is 54.6 Å². The Balaban J connectivity index is 1.90. The first-order valence-electron chi connectivity index (χ1n) is 5.84. The fourth-order valence-corrected chi connectivity index (χ4v) is 2.31. The lowest BCUT2D eigenvalue weighted by Gasteiger charge is -2.02. The van der Waals surface area contributed by atoms with Crippen LogP contribution in [-0.2, 0) is 13.1 Å². The van der Waals surface area contributed by atoms with E-state index < -0.39 is 0 Å². The van der Waals surface area contributed by atoms with E-state index in [1.165, 1.54) is 16.7 Å². The third-order valence-electron chi connectivity index (χ3n) is 3.21. The maximum Gasteiger partial charge on any atom is 0.275 e. The van der Waals surface area contributed by atoms with Gasteiger partial charge in [-0.3, -0.25) is 10.3 Å². The number of hydrogen-bond acceptors (Lipinski definition) is 1. The highest BCUT2D eigenvalue weighted by molar-refractivity contribution is 5.96. The minimum absolute atomic E-state index is 0.876. The molecule has 17 heavy (non-hydrogen) atoms. The van der Waals surface area contributed by atoms with Gasteiger partial charge in [0.1, 0.15) is 13.1 Å². The topological polar surface area (TPSA) is 29.0 Å². The molecule has 0 aromatic heterocycles. The number of benzene rings is 2. The van der Waals surface area contributed by atoms with Crippen LogP contribution in [0.5, 0.6) is 0 Å². The van der Waals surface area contributed by atoms with Crippen molar-refractivity contribution in [3.8, 4) is 0 Å². The molecular weight excluding hydrogens is 208 g/mol. The molecule has 2 aromatic rings. The second kappa shape index (κ2) is 4.06. The minimum Gasteiger partial charge on any atom is -0.287 e. The monoisotopic (exact) mass is 223 g/mol. The van der Waals surface area contributed by atoms with Gasteiger partial charge in [0.05, 0.1) is 5.56 Å². The van der Waals surface area contributed by atoms with Crippen LogP contribution in [0.1, 0.15) is 16.7 Å². The van der Waals surface area contributed by atoms with Crippen molar-refractivity contribution in [3.05, 3.63) is 71.3 Å². The van der Waals surface area contributed by atoms with Crippen LogP contribution in [0.2, 0.25) is 0 Å². The maximum absolute atomic E-state index is 6.18. The van der Waals surface area contributed by atoms with Crippen LogP contribution in [0.3, 0.4) is 0 Å². The van der Waals surface area contributed by atoms with E-state index in [4.69, 9.17) is 5.73 Å². The molecule has 84 valence electrons. The summed E-state index contributed by atoms with van der Waals surface area (Å²) in [6.45, 7) is 1.79. The Hall–Kier alpha value is -2.09. The molecule has 0 amide bonds. The molecule has 0 fully saturated rings. The van der Waals surface area contributed by atoms with Crippen LogP contribution < -0.4 is 5.73 Å². The first kappa shape index (κ1) is 10.1. The van der Waals surface area contributed by atoms with Crippen LogP contribution in [0.4, 0.5) is 0 Å². The smallest absolute Gasteiger partial charge is 0.275 e. The molecule has 1 heterocycles. The van der Waals surface area contributed by atoms with Crippen molar-refractivity contribution in [2.45, 2.75) is 13.1 Å². The predicted molar refractivity (Wildman–Crippen MR) is 68.8 cm³/mol. The Morgan fingerprint density at radius 2 is 1.65 bits per heavy atom. The second-order valence-corrected chi connectivity index (χ2v) is 4.38. The van der Waals surface area contributed by atoms with Gasteiger partial charge in [0.2, 0.25) is 0 Å². The highest BCUT2D eigenvalue weighted by Gasteiger charge is 2.23. The molecule has 3 rings (SSSR count). The fourth-order valence-electron chi connectivity index (χ4n) is 2.31. The molecule has 2 nitrogen and oxygen atoms in total. The molecule has 2 aromatic carbocycles. The summed E-state index contributed by atoms with van der Waals surface area (Å²) in [6.07, 6.45) is 0. The summed E-state index contributed by atoms with van der Waals surface area (Å²) in [5, 5.41) is 0. The minimum atomic E-state index is 0.876. The summed E-state index contributed by atoms with van der Waals surface area (Å²) in [4.78, 5) is 0. The number of nitrogens with zero attached hydrogens (tertiary/aromatic N) is 1. The van der Waals surface area contributed by atoms with Crippen molar-refractivity contribution in [2.24, 2.45) is 5.73 Å². The van der Waals surface area contributed by atoms with Gasteiger partial charge >= 0.3 is 0 Å². The van der Waals surface area contributed by atoms with E-state index in [-0.39, 0.29) is 0 Å². The summed E-state index contributed by atoms with van der Waals surface area (Å²) in [6, 6.07) is 18.8. The van der Waals surface area contributed by atoms with Gasteiger partial charge in [-0.15, -0.1) is 0 Å². The maximum atomic E-state index is 6.18. The molecule has 0 atom stereocenters. The summed E-state index contributed by atoms with van der Waals surface area (Å²) in [7, 11) is 0. The largest absolute Gasteiger partial charge is 0.287 e. The normalized spacial score (nSPS) is 13.9. The average Bonchev–Trinajstić information content (AvgIpc) is 2.68. The summed E-state index contributed by atoms with van der Waals surface area (Å²) >= 11 is 0. The molecule has 2 heteroatoms. The van der Waals surface area contributed by atoms with Gasteiger partial charge in [-0.25, -0.2) is 0 Å². The van der Waals surface area contributed by atoms with E-state index in [1.54, 1.807) is 0 Å². The van der Waals surface area contributed by atoms with E-state index in [9.17, 15) is 0 Å². The lowest BCUT2D eigenvalue weighted by Crippen LogP contribution is -2.22. The van der Waals surface area contributed by atoms with Gasteiger partial charge in [-0.1, -0.05) is 48.5 Å². The third-order valence-corrected chi connectivity index (χ3v) is 3.21. The second-order valence-electron chi connectivity index (χ2n) is 4.38. The molecule has 0 unspecified atom stereocenters. The van der Waals surface area contributed by atoms with E-state index in [0.29, 0.717) is 0 Å². The highest BCUT2D eigenvalue weighted by atomic mass is 15.1. The average molecular weight is 223 g/mol. The lowest BCUT2D eigenvalue weighted by molar-refractivity contribution is -0.555. The SMILES string of the molecule is NC1=[N+](Cc2ccccc2)Cc2ccccc21. The molecule has 0 saturated carbocycles. The number of nitrogens with two attached hydrogens (primary N) is 1. The number of hydrogen-bond donors (Lipinski definition) is 1. The van der Waals surface area contributed by atoms with Crippen LogP contribution in [0, 0.1) is 0 Å². The van der Waals surface area contributed by atoms with Crippen LogP contribution >= 0.6 is 0 Å².